The second-order valence-electron chi connectivity index (χ2n) is 10.7. The van der Waals surface area contributed by atoms with Gasteiger partial charge in [-0.15, -0.1) is 0 Å². The Morgan fingerprint density at radius 3 is 2.12 bits per heavy atom. The standard InChI is InChI=1S/C33H24/c1-17-13-18(2)23-14-27-24-15-26-21-7-5-6-8-28(21)33(3,4)29(26)16-25(24)22-12-10-19-9-11-20(17)31(23)30(19)32(22)27/h5-16H,1-4H3. The van der Waals surface area contributed by atoms with E-state index in [0.29, 0.717) is 0 Å². The molecule has 0 N–H and O–H groups in total. The Kier molecular flexibility index (Phi) is 2.95. The summed E-state index contributed by atoms with van der Waals surface area (Å²) in [5.74, 6) is 0. The summed E-state index contributed by atoms with van der Waals surface area (Å²) in [5, 5.41) is 8.47. The van der Waals surface area contributed by atoms with Gasteiger partial charge in [-0.2, -0.15) is 0 Å². The summed E-state index contributed by atoms with van der Waals surface area (Å²) in [7, 11) is 0. The lowest BCUT2D eigenvalue weighted by Crippen LogP contribution is -2.14. The van der Waals surface area contributed by atoms with Crippen LogP contribution in [0.4, 0.5) is 0 Å². The maximum absolute atomic E-state index is 2.50. The number of aryl methyl sites for hydroxylation is 2. The van der Waals surface area contributed by atoms with Crippen LogP contribution in [0.5, 0.6) is 0 Å². The first-order valence-electron chi connectivity index (χ1n) is 12.0. The second-order valence-corrected chi connectivity index (χ2v) is 10.7. The van der Waals surface area contributed by atoms with E-state index in [1.165, 1.54) is 88.0 Å². The predicted octanol–water partition coefficient (Wildman–Crippen LogP) is 9.15. The summed E-state index contributed by atoms with van der Waals surface area (Å²) in [4.78, 5) is 0. The minimum absolute atomic E-state index is 0.0224. The van der Waals surface area contributed by atoms with Crippen LogP contribution in [0, 0.1) is 13.8 Å². The van der Waals surface area contributed by atoms with E-state index in [1.54, 1.807) is 0 Å². The molecule has 2 aliphatic carbocycles. The van der Waals surface area contributed by atoms with Gasteiger partial charge in [0.15, 0.2) is 0 Å². The Balaban J connectivity index is 1.57. The fourth-order valence-electron chi connectivity index (χ4n) is 7.02. The third kappa shape index (κ3) is 1.92. The summed E-state index contributed by atoms with van der Waals surface area (Å²) in [6, 6.07) is 28.1. The Morgan fingerprint density at radius 1 is 0.485 bits per heavy atom. The molecule has 8 rings (SSSR count). The number of hydrogen-bond acceptors (Lipinski definition) is 0. The zero-order valence-corrected chi connectivity index (χ0v) is 19.4. The van der Waals surface area contributed by atoms with Crippen molar-refractivity contribution in [2.45, 2.75) is 33.1 Å². The molecule has 0 heteroatoms. The van der Waals surface area contributed by atoms with Crippen LogP contribution < -0.4 is 0 Å². The van der Waals surface area contributed by atoms with Crippen LogP contribution in [-0.4, -0.2) is 0 Å². The Bertz CT molecular complexity index is 1850. The van der Waals surface area contributed by atoms with Gasteiger partial charge < -0.3 is 0 Å². The fourth-order valence-corrected chi connectivity index (χ4v) is 7.02. The molecule has 0 unspecified atom stereocenters. The highest BCUT2D eigenvalue weighted by Crippen LogP contribution is 2.57. The first-order chi connectivity index (χ1) is 15.9. The smallest absolute Gasteiger partial charge is 0.0159 e. The lowest BCUT2D eigenvalue weighted by molar-refractivity contribution is 0.660. The van der Waals surface area contributed by atoms with Crippen molar-refractivity contribution in [3.63, 3.8) is 0 Å². The molecule has 0 aromatic heterocycles. The quantitative estimate of drug-likeness (QED) is 0.215. The third-order valence-electron chi connectivity index (χ3n) is 8.60. The van der Waals surface area contributed by atoms with E-state index in [0.717, 1.165) is 0 Å². The van der Waals surface area contributed by atoms with Crippen LogP contribution >= 0.6 is 0 Å². The van der Waals surface area contributed by atoms with Crippen molar-refractivity contribution < 1.29 is 0 Å². The van der Waals surface area contributed by atoms with Crippen LogP contribution in [0.2, 0.25) is 0 Å². The van der Waals surface area contributed by atoms with Gasteiger partial charge in [0.25, 0.3) is 0 Å². The molecule has 156 valence electrons. The van der Waals surface area contributed by atoms with Gasteiger partial charge in [0, 0.05) is 5.41 Å². The van der Waals surface area contributed by atoms with Crippen molar-refractivity contribution >= 4 is 32.3 Å². The van der Waals surface area contributed by atoms with Gasteiger partial charge in [-0.3, -0.25) is 0 Å². The lowest BCUT2D eigenvalue weighted by atomic mass is 9.81. The normalized spacial score (nSPS) is 14.9. The van der Waals surface area contributed by atoms with E-state index in [9.17, 15) is 0 Å². The molecule has 0 aliphatic heterocycles. The average Bonchev–Trinajstić information content (AvgIpc) is 3.25. The fraction of sp³-hybridized carbons (Fsp3) is 0.152. The molecule has 0 heterocycles. The zero-order chi connectivity index (χ0) is 22.2. The average molecular weight is 421 g/mol. The largest absolute Gasteiger partial charge is 0.0619 e. The molecule has 0 amide bonds. The SMILES string of the molecule is Cc1cc(C)c2cc3c4c(ccc5ccc1c2c54)-c1cc2c(cc1-3)-c1ccccc1C2(C)C. The molecule has 0 saturated heterocycles. The molecular formula is C33H24. The molecule has 6 aromatic rings. The number of rotatable bonds is 0. The van der Waals surface area contributed by atoms with E-state index < -0.39 is 0 Å². The van der Waals surface area contributed by atoms with Crippen LogP contribution in [0.3, 0.4) is 0 Å². The Labute approximate surface area is 193 Å². The molecule has 6 aromatic carbocycles. The van der Waals surface area contributed by atoms with E-state index in [4.69, 9.17) is 0 Å². The van der Waals surface area contributed by atoms with Gasteiger partial charge in [-0.05, 0) is 120 Å². The summed E-state index contributed by atoms with van der Waals surface area (Å²) >= 11 is 0. The minimum atomic E-state index is 0.0224. The van der Waals surface area contributed by atoms with E-state index in [1.807, 2.05) is 0 Å². The van der Waals surface area contributed by atoms with Crippen molar-refractivity contribution in [3.8, 4) is 33.4 Å². The highest BCUT2D eigenvalue weighted by molar-refractivity contribution is 6.32. The number of benzene rings is 6. The van der Waals surface area contributed by atoms with Crippen molar-refractivity contribution in [2.24, 2.45) is 0 Å². The van der Waals surface area contributed by atoms with Crippen LogP contribution in [0.1, 0.15) is 36.1 Å². The van der Waals surface area contributed by atoms with Crippen molar-refractivity contribution in [1.82, 2.24) is 0 Å². The monoisotopic (exact) mass is 420 g/mol. The van der Waals surface area contributed by atoms with Crippen molar-refractivity contribution in [1.29, 1.82) is 0 Å². The topological polar surface area (TPSA) is 0 Å². The molecule has 0 atom stereocenters. The number of fused-ring (bicyclic) bond motifs is 6. The molecule has 0 radical (unpaired) electrons. The highest BCUT2D eigenvalue weighted by atomic mass is 14.4. The van der Waals surface area contributed by atoms with Crippen molar-refractivity contribution in [2.75, 3.05) is 0 Å². The molecule has 0 nitrogen and oxygen atoms in total. The predicted molar refractivity (Wildman–Crippen MR) is 142 cm³/mol. The van der Waals surface area contributed by atoms with E-state index in [-0.39, 0.29) is 5.41 Å². The molecule has 2 aliphatic rings. The molecule has 0 spiro atoms. The van der Waals surface area contributed by atoms with Gasteiger partial charge in [0.2, 0.25) is 0 Å². The maximum Gasteiger partial charge on any atom is 0.0159 e. The van der Waals surface area contributed by atoms with Gasteiger partial charge in [0.1, 0.15) is 0 Å². The van der Waals surface area contributed by atoms with Crippen LogP contribution in [0.25, 0.3) is 65.7 Å². The summed E-state index contributed by atoms with van der Waals surface area (Å²) in [5.41, 5.74) is 14.1. The minimum Gasteiger partial charge on any atom is -0.0619 e. The maximum atomic E-state index is 2.50. The number of hydrogen-bond donors (Lipinski definition) is 0. The van der Waals surface area contributed by atoms with E-state index in [2.05, 4.69) is 100 Å². The first-order valence-corrected chi connectivity index (χ1v) is 12.0. The van der Waals surface area contributed by atoms with Crippen LogP contribution in [-0.2, 0) is 5.41 Å². The van der Waals surface area contributed by atoms with Gasteiger partial charge >= 0.3 is 0 Å². The summed E-state index contributed by atoms with van der Waals surface area (Å²) in [6.07, 6.45) is 0. The summed E-state index contributed by atoms with van der Waals surface area (Å²) < 4.78 is 0. The molecule has 0 bridgehead atoms. The third-order valence-corrected chi connectivity index (χ3v) is 8.60. The van der Waals surface area contributed by atoms with Crippen LogP contribution in [0.15, 0.2) is 72.8 Å². The molecular weight excluding hydrogens is 396 g/mol. The lowest BCUT2D eigenvalue weighted by Gasteiger charge is -2.22. The van der Waals surface area contributed by atoms with Crippen molar-refractivity contribution in [3.05, 3.63) is 95.1 Å². The molecule has 0 fully saturated rings. The molecule has 0 saturated carbocycles. The second kappa shape index (κ2) is 5.46. The molecule has 33 heavy (non-hydrogen) atoms. The van der Waals surface area contributed by atoms with Gasteiger partial charge in [0.05, 0.1) is 0 Å². The zero-order valence-electron chi connectivity index (χ0n) is 19.4. The van der Waals surface area contributed by atoms with Gasteiger partial charge in [-0.25, -0.2) is 0 Å². The Hall–Kier alpha value is -3.64. The van der Waals surface area contributed by atoms with Gasteiger partial charge in [-0.1, -0.05) is 68.4 Å². The highest BCUT2D eigenvalue weighted by Gasteiger charge is 2.37. The van der Waals surface area contributed by atoms with E-state index >= 15 is 0 Å². The Morgan fingerprint density at radius 2 is 1.24 bits per heavy atom. The summed E-state index contributed by atoms with van der Waals surface area (Å²) in [6.45, 7) is 9.27. The first kappa shape index (κ1) is 17.9.